The maximum Gasteiger partial charge on any atom is 0.330 e. The lowest BCUT2D eigenvalue weighted by Crippen LogP contribution is -2.42. The molecule has 76 valence electrons. The van der Waals surface area contributed by atoms with Crippen LogP contribution in [0.1, 0.15) is 0 Å². The second-order valence-electron chi connectivity index (χ2n) is 2.43. The van der Waals surface area contributed by atoms with Crippen molar-refractivity contribution >= 4 is 44.1 Å². The molecule has 1 amide bonds. The second kappa shape index (κ2) is 4.54. The number of halogens is 1. The van der Waals surface area contributed by atoms with Gasteiger partial charge in [0.25, 0.3) is 5.91 Å². The Morgan fingerprint density at radius 2 is 2.29 bits per heavy atom. The fourth-order valence-electron chi connectivity index (χ4n) is 0.690. The molecule has 7 heteroatoms. The molecular formula is C7H7BrN2O3S. The van der Waals surface area contributed by atoms with Gasteiger partial charge >= 0.3 is 5.97 Å². The van der Waals surface area contributed by atoms with E-state index in [0.29, 0.717) is 5.00 Å². The summed E-state index contributed by atoms with van der Waals surface area (Å²) < 4.78 is 0.821. The van der Waals surface area contributed by atoms with Crippen molar-refractivity contribution in [3.63, 3.8) is 0 Å². The number of carboxylic acid groups (broad SMARTS) is 1. The van der Waals surface area contributed by atoms with E-state index in [9.17, 15) is 9.59 Å². The van der Waals surface area contributed by atoms with Gasteiger partial charge in [0, 0.05) is 9.85 Å². The van der Waals surface area contributed by atoms with Gasteiger partial charge in [-0.25, -0.2) is 4.79 Å². The fraction of sp³-hybridized carbons (Fsp3) is 0.143. The lowest BCUT2D eigenvalue weighted by molar-refractivity contribution is -0.141. The van der Waals surface area contributed by atoms with Crippen molar-refractivity contribution in [3.05, 3.63) is 15.9 Å². The molecule has 0 spiro atoms. The van der Waals surface area contributed by atoms with Crippen LogP contribution in [0.5, 0.6) is 0 Å². The van der Waals surface area contributed by atoms with E-state index in [2.05, 4.69) is 21.2 Å². The third-order valence-corrected chi connectivity index (χ3v) is 2.97. The van der Waals surface area contributed by atoms with Gasteiger partial charge in [-0.2, -0.15) is 0 Å². The number of anilines is 1. The molecule has 1 aromatic heterocycles. The Morgan fingerprint density at radius 3 is 2.71 bits per heavy atom. The quantitative estimate of drug-likeness (QED) is 0.715. The zero-order valence-electron chi connectivity index (χ0n) is 6.86. The minimum Gasteiger partial charge on any atom is -0.480 e. The van der Waals surface area contributed by atoms with Gasteiger partial charge in [-0.3, -0.25) is 4.79 Å². The van der Waals surface area contributed by atoms with Crippen molar-refractivity contribution < 1.29 is 14.7 Å². The molecule has 0 aliphatic heterocycles. The number of hydrogen-bond donors (Lipinski definition) is 3. The van der Waals surface area contributed by atoms with E-state index in [1.165, 1.54) is 11.3 Å². The Morgan fingerprint density at radius 1 is 1.64 bits per heavy atom. The molecule has 1 atom stereocenters. The molecule has 1 unspecified atom stereocenters. The first-order chi connectivity index (χ1) is 6.50. The van der Waals surface area contributed by atoms with Crippen molar-refractivity contribution in [2.75, 3.05) is 5.32 Å². The van der Waals surface area contributed by atoms with Crippen LogP contribution in [0.25, 0.3) is 0 Å². The summed E-state index contributed by atoms with van der Waals surface area (Å²) in [6.07, 6.45) is 0. The highest BCUT2D eigenvalue weighted by atomic mass is 79.9. The molecule has 0 aliphatic carbocycles. The fourth-order valence-corrected chi connectivity index (χ4v) is 2.01. The largest absolute Gasteiger partial charge is 0.480 e. The zero-order chi connectivity index (χ0) is 10.7. The number of aliphatic carboxylic acids is 1. The van der Waals surface area contributed by atoms with E-state index in [0.717, 1.165) is 4.47 Å². The molecule has 14 heavy (non-hydrogen) atoms. The van der Waals surface area contributed by atoms with Crippen molar-refractivity contribution in [1.29, 1.82) is 0 Å². The summed E-state index contributed by atoms with van der Waals surface area (Å²) in [4.78, 5) is 21.5. The first-order valence-electron chi connectivity index (χ1n) is 3.54. The van der Waals surface area contributed by atoms with Crippen molar-refractivity contribution in [2.24, 2.45) is 5.73 Å². The highest BCUT2D eigenvalue weighted by molar-refractivity contribution is 9.10. The van der Waals surface area contributed by atoms with Crippen molar-refractivity contribution in [1.82, 2.24) is 0 Å². The molecule has 0 fully saturated rings. The molecular weight excluding hydrogens is 272 g/mol. The molecule has 0 saturated heterocycles. The van der Waals surface area contributed by atoms with Gasteiger partial charge in [0.1, 0.15) is 0 Å². The lowest BCUT2D eigenvalue weighted by atomic mass is 10.3. The first-order valence-corrected chi connectivity index (χ1v) is 5.21. The third kappa shape index (κ3) is 2.79. The van der Waals surface area contributed by atoms with Gasteiger partial charge in [-0.05, 0) is 22.0 Å². The van der Waals surface area contributed by atoms with Crippen LogP contribution in [0.4, 0.5) is 5.00 Å². The number of hydrogen-bond acceptors (Lipinski definition) is 4. The molecule has 4 N–H and O–H groups in total. The van der Waals surface area contributed by atoms with Gasteiger partial charge in [0.05, 0.1) is 5.00 Å². The van der Waals surface area contributed by atoms with E-state index in [4.69, 9.17) is 10.8 Å². The minimum absolute atomic E-state index is 0.554. The van der Waals surface area contributed by atoms with E-state index in [1.807, 2.05) is 0 Å². The number of thiophene rings is 1. The molecule has 0 aromatic carbocycles. The maximum atomic E-state index is 11.1. The normalized spacial score (nSPS) is 12.1. The number of carboxylic acids is 1. The SMILES string of the molecule is NC(C(=O)O)C(=O)Nc1cc(Br)cs1. The minimum atomic E-state index is -1.53. The summed E-state index contributed by atoms with van der Waals surface area (Å²) in [6.45, 7) is 0. The van der Waals surface area contributed by atoms with E-state index < -0.39 is 17.9 Å². The molecule has 0 aliphatic rings. The lowest BCUT2D eigenvalue weighted by Gasteiger charge is -2.05. The number of rotatable bonds is 3. The molecule has 0 radical (unpaired) electrons. The molecule has 1 heterocycles. The predicted molar refractivity (Wildman–Crippen MR) is 56.3 cm³/mol. The van der Waals surface area contributed by atoms with Crippen LogP contribution < -0.4 is 11.1 Å². The Kier molecular flexibility index (Phi) is 3.62. The average molecular weight is 279 g/mol. The molecule has 1 rings (SSSR count). The molecule has 1 aromatic rings. The van der Waals surface area contributed by atoms with Crippen LogP contribution in [0, 0.1) is 0 Å². The number of nitrogens with two attached hydrogens (primary N) is 1. The first kappa shape index (κ1) is 11.2. The number of carbonyl (C=O) groups excluding carboxylic acids is 1. The van der Waals surface area contributed by atoms with Crippen LogP contribution >= 0.6 is 27.3 Å². The van der Waals surface area contributed by atoms with Crippen LogP contribution in [0.15, 0.2) is 15.9 Å². The third-order valence-electron chi connectivity index (χ3n) is 1.36. The van der Waals surface area contributed by atoms with E-state index in [-0.39, 0.29) is 0 Å². The summed E-state index contributed by atoms with van der Waals surface area (Å²) in [7, 11) is 0. The second-order valence-corrected chi connectivity index (χ2v) is 4.26. The van der Waals surface area contributed by atoms with Crippen LogP contribution in [-0.4, -0.2) is 23.0 Å². The predicted octanol–water partition coefficient (Wildman–Crippen LogP) is 0.861. The topological polar surface area (TPSA) is 92.4 Å². The molecule has 5 nitrogen and oxygen atoms in total. The highest BCUT2D eigenvalue weighted by Gasteiger charge is 2.21. The van der Waals surface area contributed by atoms with Crippen molar-refractivity contribution in [2.45, 2.75) is 6.04 Å². The average Bonchev–Trinajstić information content (AvgIpc) is 2.49. The van der Waals surface area contributed by atoms with Gasteiger partial charge in [0.15, 0.2) is 6.04 Å². The highest BCUT2D eigenvalue weighted by Crippen LogP contribution is 2.24. The Hall–Kier alpha value is -0.920. The summed E-state index contributed by atoms with van der Waals surface area (Å²) >= 11 is 4.48. The maximum absolute atomic E-state index is 11.1. The monoisotopic (exact) mass is 278 g/mol. The Balaban J connectivity index is 2.61. The Bertz CT molecular complexity index is 366. The summed E-state index contributed by atoms with van der Waals surface area (Å²) in [5, 5.41) is 13.2. The summed E-state index contributed by atoms with van der Waals surface area (Å²) in [5.41, 5.74) is 5.10. The van der Waals surface area contributed by atoms with Crippen LogP contribution in [0.3, 0.4) is 0 Å². The van der Waals surface area contributed by atoms with Crippen molar-refractivity contribution in [3.8, 4) is 0 Å². The van der Waals surface area contributed by atoms with E-state index in [1.54, 1.807) is 11.4 Å². The van der Waals surface area contributed by atoms with Crippen LogP contribution in [0.2, 0.25) is 0 Å². The number of amides is 1. The zero-order valence-corrected chi connectivity index (χ0v) is 9.26. The smallest absolute Gasteiger partial charge is 0.330 e. The summed E-state index contributed by atoms with van der Waals surface area (Å²) in [5.74, 6) is -2.08. The van der Waals surface area contributed by atoms with Gasteiger partial charge in [0.2, 0.25) is 0 Å². The molecule has 0 saturated carbocycles. The van der Waals surface area contributed by atoms with Gasteiger partial charge in [-0.1, -0.05) is 0 Å². The number of nitrogens with one attached hydrogen (secondary N) is 1. The van der Waals surface area contributed by atoms with Crippen LogP contribution in [-0.2, 0) is 9.59 Å². The standard InChI is InChI=1S/C7H7BrN2O3S/c8-3-1-4(14-2-3)10-6(11)5(9)7(12)13/h1-2,5H,9H2,(H,10,11)(H,12,13). The molecule has 0 bridgehead atoms. The van der Waals surface area contributed by atoms with Gasteiger partial charge in [-0.15, -0.1) is 11.3 Å². The van der Waals surface area contributed by atoms with Gasteiger partial charge < -0.3 is 16.2 Å². The summed E-state index contributed by atoms with van der Waals surface area (Å²) in [6, 6.07) is 0.132. The number of carbonyl (C=O) groups is 2. The van der Waals surface area contributed by atoms with E-state index >= 15 is 0 Å². The Labute approximate surface area is 92.0 Å².